The average Bonchev–Trinajstić information content (AvgIpc) is 2.96. The first kappa shape index (κ1) is 11.0. The summed E-state index contributed by atoms with van der Waals surface area (Å²) in [4.78, 5) is 22.3. The van der Waals surface area contributed by atoms with Gasteiger partial charge >= 0.3 is 0 Å². The van der Waals surface area contributed by atoms with Crippen LogP contribution in [0.25, 0.3) is 0 Å². The fraction of sp³-hybridized carbons (Fsp3) is 0.778. The highest BCUT2D eigenvalue weighted by molar-refractivity contribution is 5.83. The van der Waals surface area contributed by atoms with Gasteiger partial charge in [0.05, 0.1) is 12.6 Å². The van der Waals surface area contributed by atoms with Gasteiger partial charge in [-0.15, -0.1) is 0 Å². The van der Waals surface area contributed by atoms with Gasteiger partial charge in [0.2, 0.25) is 11.8 Å². The third kappa shape index (κ3) is 3.74. The molecule has 1 atom stereocenters. The molecule has 1 aliphatic carbocycles. The van der Waals surface area contributed by atoms with Gasteiger partial charge < -0.3 is 10.6 Å². The number of rotatable bonds is 5. The van der Waals surface area contributed by atoms with Crippen molar-refractivity contribution in [3.63, 3.8) is 0 Å². The van der Waals surface area contributed by atoms with E-state index >= 15 is 0 Å². The second kappa shape index (κ2) is 4.95. The first-order valence-electron chi connectivity index (χ1n) is 4.88. The van der Waals surface area contributed by atoms with Gasteiger partial charge in [-0.25, -0.2) is 0 Å². The van der Waals surface area contributed by atoms with Crippen LogP contribution in [0.3, 0.4) is 0 Å². The van der Waals surface area contributed by atoms with Crippen molar-refractivity contribution in [3.8, 4) is 0 Å². The Bertz CT molecular complexity index is 226. The van der Waals surface area contributed by atoms with E-state index in [9.17, 15) is 9.59 Å². The zero-order valence-corrected chi connectivity index (χ0v) is 8.59. The van der Waals surface area contributed by atoms with Crippen molar-refractivity contribution in [2.24, 2.45) is 0 Å². The first-order chi connectivity index (χ1) is 6.63. The maximum absolute atomic E-state index is 11.2. The molecule has 3 N–H and O–H groups in total. The van der Waals surface area contributed by atoms with E-state index in [0.29, 0.717) is 6.04 Å². The number of carbonyl (C=O) groups excluding carboxylic acids is 2. The molecule has 0 saturated heterocycles. The van der Waals surface area contributed by atoms with Crippen LogP contribution in [0.15, 0.2) is 0 Å². The van der Waals surface area contributed by atoms with Crippen LogP contribution >= 0.6 is 0 Å². The summed E-state index contributed by atoms with van der Waals surface area (Å²) in [5.41, 5.74) is 0. The van der Waals surface area contributed by atoms with Gasteiger partial charge in [-0.05, 0) is 19.8 Å². The standard InChI is InChI=1S/C9H17N3O2/c1-6(9(14)10-2)11-5-8(13)12-7-3-4-7/h6-7,11H,3-5H2,1-2H3,(H,10,14)(H,12,13). The molecule has 2 amide bonds. The van der Waals surface area contributed by atoms with Gasteiger partial charge in [0.1, 0.15) is 0 Å². The summed E-state index contributed by atoms with van der Waals surface area (Å²) in [6.45, 7) is 1.92. The summed E-state index contributed by atoms with van der Waals surface area (Å²) < 4.78 is 0. The minimum absolute atomic E-state index is 0.0387. The quantitative estimate of drug-likeness (QED) is 0.531. The van der Waals surface area contributed by atoms with Crippen molar-refractivity contribution in [2.45, 2.75) is 31.8 Å². The number of nitrogens with one attached hydrogen (secondary N) is 3. The summed E-state index contributed by atoms with van der Waals surface area (Å²) in [6.07, 6.45) is 2.16. The number of likely N-dealkylation sites (N-methyl/N-ethyl adjacent to an activating group) is 1. The van der Waals surface area contributed by atoms with Gasteiger partial charge in [0.15, 0.2) is 0 Å². The molecule has 80 valence electrons. The van der Waals surface area contributed by atoms with Crippen LogP contribution in [0.5, 0.6) is 0 Å². The predicted octanol–water partition coefficient (Wildman–Crippen LogP) is -1.01. The second-order valence-electron chi connectivity index (χ2n) is 3.56. The molecule has 5 nitrogen and oxygen atoms in total. The van der Waals surface area contributed by atoms with Crippen molar-refractivity contribution < 1.29 is 9.59 Å². The Morgan fingerprint density at radius 1 is 1.43 bits per heavy atom. The maximum Gasteiger partial charge on any atom is 0.236 e. The number of hydrogen-bond acceptors (Lipinski definition) is 3. The fourth-order valence-corrected chi connectivity index (χ4v) is 1.06. The van der Waals surface area contributed by atoms with Crippen LogP contribution in [-0.2, 0) is 9.59 Å². The summed E-state index contributed by atoms with van der Waals surface area (Å²) >= 11 is 0. The van der Waals surface area contributed by atoms with Gasteiger partial charge in [0.25, 0.3) is 0 Å². The summed E-state index contributed by atoms with van der Waals surface area (Å²) in [6, 6.07) is 0.0459. The Balaban J connectivity index is 2.11. The van der Waals surface area contributed by atoms with Crippen LogP contribution in [0.1, 0.15) is 19.8 Å². The zero-order chi connectivity index (χ0) is 10.6. The molecular formula is C9H17N3O2. The number of amides is 2. The normalized spacial score (nSPS) is 17.3. The predicted molar refractivity (Wildman–Crippen MR) is 52.7 cm³/mol. The molecule has 0 bridgehead atoms. The molecule has 1 unspecified atom stereocenters. The molecule has 14 heavy (non-hydrogen) atoms. The van der Waals surface area contributed by atoms with Crippen molar-refractivity contribution in [1.29, 1.82) is 0 Å². The molecule has 0 aliphatic heterocycles. The van der Waals surface area contributed by atoms with E-state index in [1.54, 1.807) is 14.0 Å². The Labute approximate surface area is 83.6 Å². The zero-order valence-electron chi connectivity index (χ0n) is 8.59. The monoisotopic (exact) mass is 199 g/mol. The number of hydrogen-bond donors (Lipinski definition) is 3. The van der Waals surface area contributed by atoms with Crippen molar-refractivity contribution in [1.82, 2.24) is 16.0 Å². The lowest BCUT2D eigenvalue weighted by molar-refractivity contribution is -0.123. The van der Waals surface area contributed by atoms with E-state index in [0.717, 1.165) is 12.8 Å². The Kier molecular flexibility index (Phi) is 3.88. The van der Waals surface area contributed by atoms with E-state index in [2.05, 4.69) is 16.0 Å². The molecule has 0 aromatic carbocycles. The minimum Gasteiger partial charge on any atom is -0.358 e. The van der Waals surface area contributed by atoms with Gasteiger partial charge in [-0.1, -0.05) is 0 Å². The molecule has 1 fully saturated rings. The lowest BCUT2D eigenvalue weighted by Crippen LogP contribution is -2.45. The van der Waals surface area contributed by atoms with E-state index in [-0.39, 0.29) is 24.4 Å². The molecule has 1 aliphatic rings. The lowest BCUT2D eigenvalue weighted by atomic mass is 10.3. The highest BCUT2D eigenvalue weighted by Crippen LogP contribution is 2.18. The summed E-state index contributed by atoms with van der Waals surface area (Å²) in [5.74, 6) is -0.146. The Morgan fingerprint density at radius 2 is 2.07 bits per heavy atom. The van der Waals surface area contributed by atoms with Crippen LogP contribution in [0.2, 0.25) is 0 Å². The smallest absolute Gasteiger partial charge is 0.236 e. The van der Waals surface area contributed by atoms with Crippen molar-refractivity contribution in [2.75, 3.05) is 13.6 Å². The highest BCUT2D eigenvalue weighted by atomic mass is 16.2. The first-order valence-corrected chi connectivity index (χ1v) is 4.88. The van der Waals surface area contributed by atoms with Crippen LogP contribution in [-0.4, -0.2) is 37.5 Å². The molecule has 0 aromatic heterocycles. The molecular weight excluding hydrogens is 182 g/mol. The number of carbonyl (C=O) groups is 2. The highest BCUT2D eigenvalue weighted by Gasteiger charge is 2.23. The molecule has 0 radical (unpaired) electrons. The van der Waals surface area contributed by atoms with Crippen molar-refractivity contribution >= 4 is 11.8 Å². The Hall–Kier alpha value is -1.10. The topological polar surface area (TPSA) is 70.2 Å². The van der Waals surface area contributed by atoms with Crippen LogP contribution in [0, 0.1) is 0 Å². The largest absolute Gasteiger partial charge is 0.358 e. The third-order valence-electron chi connectivity index (χ3n) is 2.15. The van der Waals surface area contributed by atoms with Crippen LogP contribution in [0.4, 0.5) is 0 Å². The van der Waals surface area contributed by atoms with E-state index in [1.807, 2.05) is 0 Å². The van der Waals surface area contributed by atoms with E-state index in [4.69, 9.17) is 0 Å². The van der Waals surface area contributed by atoms with Crippen molar-refractivity contribution in [3.05, 3.63) is 0 Å². The Morgan fingerprint density at radius 3 is 2.57 bits per heavy atom. The summed E-state index contributed by atoms with van der Waals surface area (Å²) in [5, 5.41) is 8.18. The lowest BCUT2D eigenvalue weighted by Gasteiger charge is -2.11. The minimum atomic E-state index is -0.329. The van der Waals surface area contributed by atoms with Gasteiger partial charge in [-0.3, -0.25) is 14.9 Å². The maximum atomic E-state index is 11.2. The summed E-state index contributed by atoms with van der Waals surface area (Å²) in [7, 11) is 1.57. The molecule has 0 aromatic rings. The van der Waals surface area contributed by atoms with E-state index < -0.39 is 0 Å². The molecule has 1 saturated carbocycles. The van der Waals surface area contributed by atoms with Gasteiger partial charge in [0, 0.05) is 13.1 Å². The molecule has 0 spiro atoms. The second-order valence-corrected chi connectivity index (χ2v) is 3.56. The van der Waals surface area contributed by atoms with E-state index in [1.165, 1.54) is 0 Å². The fourth-order valence-electron chi connectivity index (χ4n) is 1.06. The van der Waals surface area contributed by atoms with Crippen LogP contribution < -0.4 is 16.0 Å². The molecule has 0 heterocycles. The molecule has 1 rings (SSSR count). The SMILES string of the molecule is CNC(=O)C(C)NCC(=O)NC1CC1. The average molecular weight is 199 g/mol. The molecule has 5 heteroatoms. The third-order valence-corrected chi connectivity index (χ3v) is 2.15. The van der Waals surface area contributed by atoms with Gasteiger partial charge in [-0.2, -0.15) is 0 Å².